The topological polar surface area (TPSA) is 545 Å². The molecule has 0 fully saturated rings. The number of halogens is 8. The van der Waals surface area contributed by atoms with Crippen LogP contribution in [0.2, 0.25) is 0 Å². The highest BCUT2D eigenvalue weighted by Crippen LogP contribution is 2.32. The number of hydrogen-bond acceptors (Lipinski definition) is 19. The fourth-order valence-electron chi connectivity index (χ4n) is 11.5. The number of unbranched alkanes of at least 4 members (excludes halogenated alkanes) is 5. The van der Waals surface area contributed by atoms with Gasteiger partial charge in [-0.1, -0.05) is 25.7 Å². The number of fused-ring (bicyclic) bond motifs is 1. The first-order valence-corrected chi connectivity index (χ1v) is 44.0. The number of aryl methyl sites for hydroxylation is 1. The monoisotopic (exact) mass is 2430 g/mol. The van der Waals surface area contributed by atoms with Crippen molar-refractivity contribution in [3.8, 4) is 0 Å². The fourth-order valence-corrected chi connectivity index (χ4v) is 20.2. The average Bonchev–Trinajstić information content (AvgIpc) is 1.78. The molecule has 0 saturated heterocycles. The van der Waals surface area contributed by atoms with E-state index >= 15 is 0 Å². The number of nitro benzene ring substituents is 1. The number of Topliss-reactive ketones (excluding diaryl/α,β-unsaturated/α-hetero) is 2. The van der Waals surface area contributed by atoms with Crippen LogP contribution in [0.5, 0.6) is 0 Å². The molecule has 1 aromatic heterocycles. The Morgan fingerprint density at radius 1 is 0.414 bits per heavy atom. The number of aromatic nitrogens is 2. The van der Waals surface area contributed by atoms with Gasteiger partial charge in [-0.05, 0) is 327 Å². The summed E-state index contributed by atoms with van der Waals surface area (Å²) < 4.78 is 11.2. The largest absolute Gasteiger partial charge is 0.382 e. The molecule has 0 radical (unpaired) electrons. The zero-order valence-electron chi connectivity index (χ0n) is 60.1. The Balaban J connectivity index is 1.13. The summed E-state index contributed by atoms with van der Waals surface area (Å²) in [6.45, 7) is 3.38. The molecule has 0 aliphatic carbocycles. The highest BCUT2D eigenvalue weighted by Gasteiger charge is 2.28. The Labute approximate surface area is 751 Å². The second kappa shape index (κ2) is 49.0. The third-order valence-corrected chi connectivity index (χ3v) is 24.1. The van der Waals surface area contributed by atoms with Crippen molar-refractivity contribution < 1.29 is 43.1 Å². The van der Waals surface area contributed by atoms with Crippen molar-refractivity contribution in [3.05, 3.63) is 133 Å². The highest BCUT2D eigenvalue weighted by atomic mass is 127. The van der Waals surface area contributed by atoms with Gasteiger partial charge in [0.25, 0.3) is 17.7 Å². The summed E-state index contributed by atoms with van der Waals surface area (Å²) in [4.78, 5) is 110. The predicted molar refractivity (Wildman–Crippen MR) is 497 cm³/mol. The van der Waals surface area contributed by atoms with Crippen molar-refractivity contribution in [2.45, 2.75) is 127 Å². The Hall–Kier alpha value is -6.09. The van der Waals surface area contributed by atoms with Crippen LogP contribution in [-0.4, -0.2) is 157 Å². The Kier molecular flexibility index (Phi) is 41.4. The Bertz CT molecular complexity index is 4250. The lowest BCUT2D eigenvalue weighted by Crippen LogP contribution is -2.47. The van der Waals surface area contributed by atoms with Gasteiger partial charge in [0, 0.05) is 129 Å². The highest BCUT2D eigenvalue weighted by molar-refractivity contribution is 14.1. The maximum atomic E-state index is 14.5. The summed E-state index contributed by atoms with van der Waals surface area (Å²) in [5, 5.41) is 84.9. The van der Waals surface area contributed by atoms with Crippen LogP contribution in [0.1, 0.15) is 149 Å². The van der Waals surface area contributed by atoms with Crippen LogP contribution in [0.4, 0.5) is 22.7 Å². The molecule has 0 unspecified atom stereocenters. The molecule has 0 spiro atoms. The summed E-state index contributed by atoms with van der Waals surface area (Å²) in [5.74, 6) is -3.13. The van der Waals surface area contributed by atoms with Crippen LogP contribution in [0, 0.1) is 60.3 Å². The molecular weight excluding hydrogens is 2340 g/mol. The molecule has 1 heterocycles. The van der Waals surface area contributed by atoms with Crippen LogP contribution in [0.15, 0.2) is 65.3 Å². The standard InChI is InChI=1S/C70H89I8N23O10/c71-43-29-38(30-44(72)42(43)12-10-22-92-67(79)80)55(102)16-5-1-3-14-52(97-63(105)40-33-47(75)59(48(76)34-40)88-24-27-94-69(83)84)65(107)90-20-8-7-13-51(96-62(104)39-31-45(73)58(46(74)32-39)87-23-26-93-68(81)82)56(103)17-6-2-4-15-53(98-64(106)41-35-49(77)60(50(78)36-41)89-25-28-95-70(85)86)66(108)91-21-9-11-37-18-19-54(101(109)110)61-57(37)99-111-100-61/h18-19,29-36,51-53,87-89H,1-17,20-28H2,(H,90,107)(H,91,108)(H,96,104)(H,97,105)(H,98,106)(H4,79,80,92)(H4,81,82,93)(H4,83,84,94)(H4,85,86,95)/t51-,52-,53-/m0/s1. The number of hydrogen-bond donors (Lipinski definition) is 20. The van der Waals surface area contributed by atoms with E-state index in [-0.39, 0.29) is 97.3 Å². The Morgan fingerprint density at radius 2 is 0.775 bits per heavy atom. The molecule has 6 rings (SSSR count). The summed E-state index contributed by atoms with van der Waals surface area (Å²) in [6, 6.07) is 14.0. The number of anilines is 3. The quantitative estimate of drug-likeness (QED) is 0.00322. The first kappa shape index (κ1) is 93.8. The molecule has 0 bridgehead atoms. The molecule has 3 atom stereocenters. The minimum absolute atomic E-state index is 0.00529. The van der Waals surface area contributed by atoms with Crippen LogP contribution in [-0.2, 0) is 27.2 Å². The van der Waals surface area contributed by atoms with Gasteiger partial charge < -0.3 is 86.7 Å². The number of benzene rings is 5. The zero-order valence-corrected chi connectivity index (χ0v) is 77.4. The summed E-state index contributed by atoms with van der Waals surface area (Å²) in [7, 11) is 0. The van der Waals surface area contributed by atoms with Crippen LogP contribution in [0.25, 0.3) is 11.0 Å². The molecular formula is C70H89I8N23O10. The first-order chi connectivity index (χ1) is 52.9. The fraction of sp³-hybridized carbons (Fsp3) is 0.414. The molecule has 111 heavy (non-hydrogen) atoms. The minimum atomic E-state index is -1.01. The lowest BCUT2D eigenvalue weighted by molar-refractivity contribution is -0.383. The lowest BCUT2D eigenvalue weighted by Gasteiger charge is -2.21. The number of ketones is 2. The van der Waals surface area contributed by atoms with Crippen LogP contribution >= 0.6 is 181 Å². The van der Waals surface area contributed by atoms with E-state index in [4.69, 9.17) is 49.2 Å². The maximum Gasteiger partial charge on any atom is 0.300 e. The maximum absolute atomic E-state index is 14.5. The number of nitrogens with two attached hydrogens (primary N) is 4. The Morgan fingerprint density at radius 3 is 1.21 bits per heavy atom. The number of nitro groups is 1. The van der Waals surface area contributed by atoms with E-state index in [1.165, 1.54) is 6.07 Å². The first-order valence-electron chi connectivity index (χ1n) is 35.3. The number of carbonyl (C=O) groups excluding carboxylic acids is 7. The van der Waals surface area contributed by atoms with Crippen molar-refractivity contribution >= 4 is 279 Å². The SMILES string of the molecule is N=C(N)NCCCc1c(I)cc(C(=O)CCCCC[C@H](NC(=O)c2cc(I)c(NCCNC(=N)N)c(I)c2)C(=O)NCCCC[C@H](NC(=O)c2cc(I)c(NCCNC(=N)N)c(I)c2)C(=O)CCCCC[C@H](NC(=O)c2cc(I)c(NCCNC(=N)N)c(I)c2)C(=O)NCCCc2ccc([N+](=O)[O-])c3nonc23)cc1I. The van der Waals surface area contributed by atoms with Gasteiger partial charge in [-0.25, -0.2) is 4.63 Å². The van der Waals surface area contributed by atoms with Crippen molar-refractivity contribution in [1.82, 2.24) is 58.2 Å². The van der Waals surface area contributed by atoms with Crippen molar-refractivity contribution in [2.24, 2.45) is 22.9 Å². The minimum Gasteiger partial charge on any atom is -0.382 e. The van der Waals surface area contributed by atoms with Gasteiger partial charge in [-0.3, -0.25) is 65.3 Å². The van der Waals surface area contributed by atoms with Gasteiger partial charge >= 0.3 is 5.69 Å². The molecule has 33 nitrogen and oxygen atoms in total. The molecule has 6 aromatic rings. The van der Waals surface area contributed by atoms with E-state index in [9.17, 15) is 43.7 Å². The van der Waals surface area contributed by atoms with Crippen LogP contribution in [0.3, 0.4) is 0 Å². The molecule has 5 aromatic carbocycles. The van der Waals surface area contributed by atoms with Crippen LogP contribution < -0.4 is 86.7 Å². The van der Waals surface area contributed by atoms with E-state index in [1.807, 2.05) is 12.1 Å². The number of non-ortho nitro benzene ring substituents is 1. The molecule has 5 amide bonds. The van der Waals surface area contributed by atoms with Gasteiger partial charge in [-0.15, -0.1) is 0 Å². The summed E-state index contributed by atoms with van der Waals surface area (Å²) >= 11 is 17.3. The number of amides is 5. The number of carbonyl (C=O) groups is 7. The number of nitrogens with one attached hydrogen (secondary N) is 16. The molecule has 0 aliphatic rings. The smallest absolute Gasteiger partial charge is 0.300 e. The van der Waals surface area contributed by atoms with Crippen molar-refractivity contribution in [3.63, 3.8) is 0 Å². The number of rotatable bonds is 48. The number of nitrogens with zero attached hydrogens (tertiary/aromatic N) is 3. The molecule has 0 saturated carbocycles. The third kappa shape index (κ3) is 31.9. The molecule has 600 valence electrons. The van der Waals surface area contributed by atoms with Gasteiger partial charge in [0.05, 0.1) is 28.0 Å². The van der Waals surface area contributed by atoms with E-state index in [0.29, 0.717) is 138 Å². The second-order valence-corrected chi connectivity index (χ2v) is 34.7. The van der Waals surface area contributed by atoms with E-state index in [1.54, 1.807) is 42.5 Å². The van der Waals surface area contributed by atoms with Gasteiger partial charge in [-0.2, -0.15) is 0 Å². The second-order valence-electron chi connectivity index (χ2n) is 25.4. The van der Waals surface area contributed by atoms with Gasteiger partial charge in [0.15, 0.2) is 35.4 Å². The predicted octanol–water partition coefficient (Wildman–Crippen LogP) is 9.15. The summed E-state index contributed by atoms with van der Waals surface area (Å²) in [6.07, 6.45) is 6.90. The average molecular weight is 2430 g/mol. The van der Waals surface area contributed by atoms with Crippen molar-refractivity contribution in [2.75, 3.05) is 74.9 Å². The van der Waals surface area contributed by atoms with Crippen molar-refractivity contribution in [1.29, 1.82) is 21.6 Å². The summed E-state index contributed by atoms with van der Waals surface area (Å²) in [5.41, 5.74) is 27.5. The van der Waals surface area contributed by atoms with Gasteiger partial charge in [0.2, 0.25) is 17.3 Å². The normalized spacial score (nSPS) is 11.8. The van der Waals surface area contributed by atoms with E-state index in [2.05, 4.69) is 255 Å². The molecule has 41 heteroatoms. The van der Waals surface area contributed by atoms with E-state index < -0.39 is 52.6 Å². The molecule has 24 N–H and O–H groups in total. The number of guanidine groups is 4. The van der Waals surface area contributed by atoms with Gasteiger partial charge in [0.1, 0.15) is 17.6 Å². The zero-order chi connectivity index (χ0) is 81.3. The molecule has 0 aliphatic heterocycles. The van der Waals surface area contributed by atoms with E-state index in [0.717, 1.165) is 64.0 Å². The third-order valence-electron chi connectivity index (χ3n) is 17.1. The lowest BCUT2D eigenvalue weighted by atomic mass is 9.98.